The van der Waals surface area contributed by atoms with Crippen LogP contribution >= 0.6 is 0 Å². The molecule has 1 aliphatic carbocycles. The average molecular weight is 333 g/mol. The minimum Gasteiger partial charge on any atom is -0.323 e. The van der Waals surface area contributed by atoms with Crippen molar-refractivity contribution in [2.45, 2.75) is 38.1 Å². The lowest BCUT2D eigenvalue weighted by Gasteiger charge is -2.36. The second-order valence-corrected chi connectivity index (χ2v) is 6.47. The third-order valence-electron chi connectivity index (χ3n) is 4.95. The van der Waals surface area contributed by atoms with Crippen LogP contribution in [0.3, 0.4) is 0 Å². The molecule has 0 radical (unpaired) electrons. The predicted molar refractivity (Wildman–Crippen MR) is 85.6 cm³/mol. The third-order valence-corrected chi connectivity index (χ3v) is 4.95. The van der Waals surface area contributed by atoms with Crippen molar-refractivity contribution in [2.75, 3.05) is 11.9 Å². The van der Waals surface area contributed by atoms with E-state index in [1.165, 1.54) is 18.2 Å². The van der Waals surface area contributed by atoms with E-state index in [4.69, 9.17) is 0 Å². The predicted octanol–water partition coefficient (Wildman–Crippen LogP) is 2.26. The van der Waals surface area contributed by atoms with Gasteiger partial charge in [-0.25, -0.2) is 9.18 Å². The minimum absolute atomic E-state index is 0.0234. The summed E-state index contributed by atoms with van der Waals surface area (Å²) < 4.78 is 13.6. The molecule has 2 aliphatic rings. The lowest BCUT2D eigenvalue weighted by Crippen LogP contribution is -2.54. The van der Waals surface area contributed by atoms with Crippen molar-refractivity contribution in [1.29, 1.82) is 0 Å². The highest BCUT2D eigenvalue weighted by atomic mass is 19.1. The number of rotatable bonds is 3. The maximum Gasteiger partial charge on any atom is 0.325 e. The maximum atomic E-state index is 13.6. The number of hydrogen-bond acceptors (Lipinski definition) is 3. The first kappa shape index (κ1) is 16.4. The van der Waals surface area contributed by atoms with E-state index in [1.807, 2.05) is 6.92 Å². The number of benzene rings is 1. The first-order valence-electron chi connectivity index (χ1n) is 8.12. The standard InChI is InChI=1S/C17H20FN3O3/c1-11-6-4-5-9-17(11)15(23)21(16(24)20-17)10-14(22)19-13-8-3-2-7-12(13)18/h2-3,7-8,11H,4-6,9-10H2,1H3,(H,19,22)(H,20,24)/t11-,17+/m1/s1. The number of halogens is 1. The molecule has 2 fully saturated rings. The normalized spacial score (nSPS) is 26.6. The van der Waals surface area contributed by atoms with Gasteiger partial charge in [0.05, 0.1) is 5.69 Å². The highest BCUT2D eigenvalue weighted by Gasteiger charge is 2.55. The van der Waals surface area contributed by atoms with E-state index in [0.29, 0.717) is 6.42 Å². The second kappa shape index (κ2) is 6.22. The van der Waals surface area contributed by atoms with Crippen LogP contribution in [0.5, 0.6) is 0 Å². The van der Waals surface area contributed by atoms with Crippen LogP contribution in [0, 0.1) is 11.7 Å². The smallest absolute Gasteiger partial charge is 0.323 e. The monoisotopic (exact) mass is 333 g/mol. The molecule has 128 valence electrons. The fourth-order valence-corrected chi connectivity index (χ4v) is 3.53. The van der Waals surface area contributed by atoms with Gasteiger partial charge >= 0.3 is 6.03 Å². The summed E-state index contributed by atoms with van der Waals surface area (Å²) in [5.41, 5.74) is -0.872. The maximum absolute atomic E-state index is 13.6. The van der Waals surface area contributed by atoms with Gasteiger partial charge in [0, 0.05) is 0 Å². The zero-order valence-electron chi connectivity index (χ0n) is 13.5. The van der Waals surface area contributed by atoms with E-state index in [2.05, 4.69) is 10.6 Å². The molecule has 3 rings (SSSR count). The Morgan fingerprint density at radius 1 is 1.38 bits per heavy atom. The lowest BCUT2D eigenvalue weighted by atomic mass is 9.73. The van der Waals surface area contributed by atoms with Crippen LogP contribution in [0.1, 0.15) is 32.6 Å². The van der Waals surface area contributed by atoms with E-state index in [9.17, 15) is 18.8 Å². The van der Waals surface area contributed by atoms with Gasteiger partial charge in [-0.1, -0.05) is 31.9 Å². The van der Waals surface area contributed by atoms with Gasteiger partial charge in [0.15, 0.2) is 0 Å². The van der Waals surface area contributed by atoms with Crippen molar-refractivity contribution < 1.29 is 18.8 Å². The quantitative estimate of drug-likeness (QED) is 0.833. The van der Waals surface area contributed by atoms with Crippen molar-refractivity contribution in [1.82, 2.24) is 10.2 Å². The van der Waals surface area contributed by atoms with Gasteiger partial charge in [-0.2, -0.15) is 0 Å². The molecule has 7 heteroatoms. The molecule has 1 aromatic carbocycles. The summed E-state index contributed by atoms with van der Waals surface area (Å²) in [4.78, 5) is 38.0. The zero-order chi connectivity index (χ0) is 17.3. The Morgan fingerprint density at radius 2 is 2.12 bits per heavy atom. The average Bonchev–Trinajstić information content (AvgIpc) is 2.78. The Bertz CT molecular complexity index is 693. The Labute approximate surface area is 139 Å². The van der Waals surface area contributed by atoms with Gasteiger partial charge in [0.1, 0.15) is 17.9 Å². The van der Waals surface area contributed by atoms with Crippen LogP contribution in [0.2, 0.25) is 0 Å². The fraction of sp³-hybridized carbons (Fsp3) is 0.471. The Hall–Kier alpha value is -2.44. The number of nitrogens with zero attached hydrogens (tertiary/aromatic N) is 1. The number of amides is 4. The molecular formula is C17H20FN3O3. The van der Waals surface area contributed by atoms with Crippen molar-refractivity contribution >= 4 is 23.5 Å². The molecule has 1 saturated heterocycles. The highest BCUT2D eigenvalue weighted by molar-refractivity contribution is 6.10. The summed E-state index contributed by atoms with van der Waals surface area (Å²) in [7, 11) is 0. The van der Waals surface area contributed by atoms with Gasteiger partial charge < -0.3 is 10.6 Å². The molecule has 1 aliphatic heterocycles. The van der Waals surface area contributed by atoms with Crippen molar-refractivity contribution in [3.05, 3.63) is 30.1 Å². The Morgan fingerprint density at radius 3 is 2.83 bits per heavy atom. The second-order valence-electron chi connectivity index (χ2n) is 6.47. The van der Waals surface area contributed by atoms with Gasteiger partial charge in [-0.05, 0) is 30.9 Å². The molecule has 2 atom stereocenters. The van der Waals surface area contributed by atoms with Crippen LogP contribution < -0.4 is 10.6 Å². The molecule has 1 aromatic rings. The van der Waals surface area contributed by atoms with Crippen LogP contribution in [0.4, 0.5) is 14.9 Å². The first-order valence-corrected chi connectivity index (χ1v) is 8.12. The van der Waals surface area contributed by atoms with E-state index in [1.54, 1.807) is 6.07 Å². The lowest BCUT2D eigenvalue weighted by molar-refractivity contribution is -0.136. The van der Waals surface area contributed by atoms with Crippen LogP contribution in [0.15, 0.2) is 24.3 Å². The van der Waals surface area contributed by atoms with Crippen molar-refractivity contribution in [3.63, 3.8) is 0 Å². The molecule has 4 amide bonds. The SMILES string of the molecule is C[C@@H]1CCCC[C@]12NC(=O)N(CC(=O)Nc1ccccc1F)C2=O. The van der Waals surface area contributed by atoms with Crippen molar-refractivity contribution in [3.8, 4) is 0 Å². The van der Waals surface area contributed by atoms with Crippen LogP contribution in [-0.4, -0.2) is 34.8 Å². The summed E-state index contributed by atoms with van der Waals surface area (Å²) in [6, 6.07) is 5.19. The number of urea groups is 1. The van der Waals surface area contributed by atoms with Gasteiger partial charge in [-0.3, -0.25) is 14.5 Å². The van der Waals surface area contributed by atoms with E-state index in [-0.39, 0.29) is 17.5 Å². The number of anilines is 1. The molecule has 0 unspecified atom stereocenters. The molecular weight excluding hydrogens is 313 g/mol. The number of hydrogen-bond donors (Lipinski definition) is 2. The van der Waals surface area contributed by atoms with E-state index >= 15 is 0 Å². The van der Waals surface area contributed by atoms with Gasteiger partial charge in [0.2, 0.25) is 5.91 Å². The van der Waals surface area contributed by atoms with Crippen LogP contribution in [-0.2, 0) is 9.59 Å². The molecule has 0 aromatic heterocycles. The summed E-state index contributed by atoms with van der Waals surface area (Å²) in [6.45, 7) is 1.52. The van der Waals surface area contributed by atoms with E-state index < -0.39 is 29.8 Å². The zero-order valence-corrected chi connectivity index (χ0v) is 13.5. The highest BCUT2D eigenvalue weighted by Crippen LogP contribution is 2.38. The van der Waals surface area contributed by atoms with E-state index in [0.717, 1.165) is 24.2 Å². The third kappa shape index (κ3) is 2.74. The summed E-state index contributed by atoms with van der Waals surface area (Å²) in [5, 5.41) is 5.18. The molecule has 1 spiro atoms. The summed E-state index contributed by atoms with van der Waals surface area (Å²) in [6.07, 6.45) is 3.34. The van der Waals surface area contributed by atoms with Gasteiger partial charge in [-0.15, -0.1) is 0 Å². The van der Waals surface area contributed by atoms with Crippen molar-refractivity contribution in [2.24, 2.45) is 5.92 Å². The Balaban J connectivity index is 1.71. The van der Waals surface area contributed by atoms with Crippen LogP contribution in [0.25, 0.3) is 0 Å². The van der Waals surface area contributed by atoms with Gasteiger partial charge in [0.25, 0.3) is 5.91 Å². The molecule has 6 nitrogen and oxygen atoms in total. The number of para-hydroxylation sites is 1. The number of carbonyl (C=O) groups is 3. The number of imide groups is 1. The molecule has 1 saturated carbocycles. The molecule has 24 heavy (non-hydrogen) atoms. The first-order chi connectivity index (χ1) is 11.4. The number of nitrogens with one attached hydrogen (secondary N) is 2. The topological polar surface area (TPSA) is 78.5 Å². The molecule has 0 bridgehead atoms. The molecule has 1 heterocycles. The molecule has 2 N–H and O–H groups in total. The largest absolute Gasteiger partial charge is 0.325 e. The summed E-state index contributed by atoms with van der Waals surface area (Å²) in [5.74, 6) is -1.50. The Kier molecular flexibility index (Phi) is 4.26. The number of carbonyl (C=O) groups excluding carboxylic acids is 3. The minimum atomic E-state index is -0.895. The summed E-state index contributed by atoms with van der Waals surface area (Å²) >= 11 is 0. The fourth-order valence-electron chi connectivity index (χ4n) is 3.53.